The Labute approximate surface area is 163 Å². The van der Waals surface area contributed by atoms with E-state index in [1.807, 2.05) is 78.3 Å². The lowest BCUT2D eigenvalue weighted by Crippen LogP contribution is -1.66. The zero-order valence-electron chi connectivity index (χ0n) is 14.7. The average molecular weight is 372 g/mol. The Morgan fingerprint density at radius 2 is 0.963 bits per heavy atom. The summed E-state index contributed by atoms with van der Waals surface area (Å²) in [6, 6.07) is 25.8. The van der Waals surface area contributed by atoms with E-state index in [1.165, 1.54) is 4.70 Å². The maximum Gasteiger partial charge on any atom is 0.0812 e. The standard InChI is InChI=1S/C7H5NS.C6H6.C5H5N.C4H4N2/c1-2-4-7-6(3-1)8-5-9-7;2*1-2-4-6-5-3-1;1-2-6-4-3-5-1/h1-5H;1-6H;1-5H;1-4H. The van der Waals surface area contributed by atoms with Crippen LogP contribution in [0, 0.1) is 0 Å². The van der Waals surface area contributed by atoms with Crippen molar-refractivity contribution in [3.8, 4) is 0 Å². The molecule has 0 bridgehead atoms. The summed E-state index contributed by atoms with van der Waals surface area (Å²) in [5, 5.41) is 0. The summed E-state index contributed by atoms with van der Waals surface area (Å²) in [6.07, 6.45) is 10.1. The Morgan fingerprint density at radius 1 is 0.481 bits per heavy atom. The summed E-state index contributed by atoms with van der Waals surface area (Å²) in [4.78, 5) is 15.4. The first kappa shape index (κ1) is 19.9. The molecule has 4 nitrogen and oxygen atoms in total. The van der Waals surface area contributed by atoms with Gasteiger partial charge in [0.1, 0.15) is 0 Å². The van der Waals surface area contributed by atoms with E-state index in [9.17, 15) is 0 Å². The highest BCUT2D eigenvalue weighted by atomic mass is 32.1. The van der Waals surface area contributed by atoms with Gasteiger partial charge in [-0.25, -0.2) is 4.98 Å². The van der Waals surface area contributed by atoms with Crippen LogP contribution in [0.2, 0.25) is 0 Å². The molecule has 5 aromatic rings. The van der Waals surface area contributed by atoms with Gasteiger partial charge in [-0.1, -0.05) is 54.6 Å². The summed E-state index contributed by atoms with van der Waals surface area (Å²) < 4.78 is 1.26. The second-order valence-corrected chi connectivity index (χ2v) is 5.78. The molecule has 0 saturated carbocycles. The highest BCUT2D eigenvalue weighted by Gasteiger charge is 1.89. The number of pyridine rings is 1. The molecule has 0 aliphatic carbocycles. The number of rotatable bonds is 0. The van der Waals surface area contributed by atoms with E-state index in [4.69, 9.17) is 0 Å². The number of thiazole rings is 1. The number of nitrogens with zero attached hydrogens (tertiary/aromatic N) is 4. The van der Waals surface area contributed by atoms with Gasteiger partial charge in [-0.15, -0.1) is 11.3 Å². The molecule has 134 valence electrons. The van der Waals surface area contributed by atoms with Gasteiger partial charge in [0.15, 0.2) is 0 Å². The van der Waals surface area contributed by atoms with Crippen molar-refractivity contribution in [2.24, 2.45) is 0 Å². The molecule has 3 heterocycles. The van der Waals surface area contributed by atoms with Crippen LogP contribution in [0.25, 0.3) is 10.2 Å². The fraction of sp³-hybridized carbons (Fsp3) is 0. The summed E-state index contributed by atoms with van der Waals surface area (Å²) in [5.41, 5.74) is 2.97. The Balaban J connectivity index is 0.000000132. The van der Waals surface area contributed by atoms with Crippen LogP contribution in [0.5, 0.6) is 0 Å². The van der Waals surface area contributed by atoms with E-state index in [0.717, 1.165) is 5.52 Å². The van der Waals surface area contributed by atoms with Crippen molar-refractivity contribution < 1.29 is 0 Å². The maximum absolute atomic E-state index is 4.14. The van der Waals surface area contributed by atoms with Crippen LogP contribution in [-0.4, -0.2) is 19.9 Å². The highest BCUT2D eigenvalue weighted by Crippen LogP contribution is 2.15. The maximum atomic E-state index is 4.14. The predicted octanol–water partition coefficient (Wildman–Crippen LogP) is 5.54. The van der Waals surface area contributed by atoms with E-state index < -0.39 is 0 Å². The summed E-state index contributed by atoms with van der Waals surface area (Å²) in [7, 11) is 0. The molecule has 5 heteroatoms. The molecule has 27 heavy (non-hydrogen) atoms. The molecule has 0 radical (unpaired) electrons. The van der Waals surface area contributed by atoms with Gasteiger partial charge in [0, 0.05) is 37.2 Å². The normalized spacial score (nSPS) is 8.74. The fourth-order valence-corrected chi connectivity index (χ4v) is 2.43. The number of hydrogen-bond acceptors (Lipinski definition) is 5. The van der Waals surface area contributed by atoms with Crippen molar-refractivity contribution in [1.29, 1.82) is 0 Å². The average Bonchev–Trinajstić information content (AvgIpc) is 3.28. The number of benzene rings is 2. The first-order valence-corrected chi connectivity index (χ1v) is 9.18. The topological polar surface area (TPSA) is 51.6 Å². The van der Waals surface area contributed by atoms with Crippen molar-refractivity contribution in [2.45, 2.75) is 0 Å². The Bertz CT molecular complexity index is 744. The zero-order valence-corrected chi connectivity index (χ0v) is 15.6. The highest BCUT2D eigenvalue weighted by molar-refractivity contribution is 7.16. The predicted molar refractivity (Wildman–Crippen MR) is 112 cm³/mol. The lowest BCUT2D eigenvalue weighted by Gasteiger charge is -1.80. The van der Waals surface area contributed by atoms with Crippen molar-refractivity contribution in [1.82, 2.24) is 19.9 Å². The number of hydrogen-bond donors (Lipinski definition) is 0. The molecule has 0 saturated heterocycles. The fourth-order valence-electron chi connectivity index (χ4n) is 1.75. The zero-order chi connectivity index (χ0) is 18.8. The summed E-state index contributed by atoms with van der Waals surface area (Å²) in [5.74, 6) is 0. The van der Waals surface area contributed by atoms with E-state index in [0.29, 0.717) is 0 Å². The first-order valence-electron chi connectivity index (χ1n) is 8.30. The minimum atomic E-state index is 1.10. The van der Waals surface area contributed by atoms with Gasteiger partial charge in [0.2, 0.25) is 0 Å². The molecule has 0 fully saturated rings. The minimum Gasteiger partial charge on any atom is -0.265 e. The monoisotopic (exact) mass is 372 g/mol. The third kappa shape index (κ3) is 9.57. The van der Waals surface area contributed by atoms with Crippen LogP contribution in [0.1, 0.15) is 0 Å². The summed E-state index contributed by atoms with van der Waals surface area (Å²) in [6.45, 7) is 0. The molecular weight excluding hydrogens is 352 g/mol. The van der Waals surface area contributed by atoms with Crippen LogP contribution in [0.4, 0.5) is 0 Å². The first-order chi connectivity index (χ1) is 13.5. The quantitative estimate of drug-likeness (QED) is 0.358. The molecule has 5 rings (SSSR count). The van der Waals surface area contributed by atoms with Gasteiger partial charge in [0.05, 0.1) is 15.7 Å². The van der Waals surface area contributed by atoms with Crippen molar-refractivity contribution in [3.63, 3.8) is 0 Å². The molecule has 0 spiro atoms. The SMILES string of the molecule is c1ccc2scnc2c1.c1ccccc1.c1ccncc1.c1cnccn1. The van der Waals surface area contributed by atoms with Crippen LogP contribution < -0.4 is 0 Å². The van der Waals surface area contributed by atoms with Gasteiger partial charge in [0.25, 0.3) is 0 Å². The van der Waals surface area contributed by atoms with Gasteiger partial charge in [-0.05, 0) is 24.3 Å². The second kappa shape index (κ2) is 13.8. The molecule has 0 N–H and O–H groups in total. The van der Waals surface area contributed by atoms with Gasteiger partial charge >= 0.3 is 0 Å². The minimum absolute atomic E-state index is 1.10. The van der Waals surface area contributed by atoms with Crippen LogP contribution in [0.15, 0.2) is 122 Å². The van der Waals surface area contributed by atoms with Crippen LogP contribution in [-0.2, 0) is 0 Å². The van der Waals surface area contributed by atoms with Gasteiger partial charge in [-0.2, -0.15) is 0 Å². The smallest absolute Gasteiger partial charge is 0.0812 e. The number of aromatic nitrogens is 4. The number of para-hydroxylation sites is 1. The van der Waals surface area contributed by atoms with E-state index in [-0.39, 0.29) is 0 Å². The molecule has 0 amide bonds. The van der Waals surface area contributed by atoms with Gasteiger partial charge in [-0.3, -0.25) is 15.0 Å². The molecule has 0 unspecified atom stereocenters. The third-order valence-electron chi connectivity index (χ3n) is 2.95. The molecular formula is C22H20N4S. The third-order valence-corrected chi connectivity index (χ3v) is 3.76. The lowest BCUT2D eigenvalue weighted by molar-refractivity contribution is 1.20. The summed E-state index contributed by atoms with van der Waals surface area (Å²) >= 11 is 1.68. The molecule has 3 aromatic heterocycles. The second-order valence-electron chi connectivity index (χ2n) is 4.89. The Morgan fingerprint density at radius 3 is 1.37 bits per heavy atom. The van der Waals surface area contributed by atoms with E-state index in [1.54, 1.807) is 48.5 Å². The largest absolute Gasteiger partial charge is 0.265 e. The van der Waals surface area contributed by atoms with Crippen molar-refractivity contribution in [3.05, 3.63) is 122 Å². The Kier molecular flexibility index (Phi) is 10.2. The van der Waals surface area contributed by atoms with Crippen LogP contribution >= 0.6 is 11.3 Å². The Hall–Kier alpha value is -3.44. The molecule has 0 aliphatic rings. The van der Waals surface area contributed by atoms with E-state index >= 15 is 0 Å². The molecule has 0 aliphatic heterocycles. The molecule has 2 aromatic carbocycles. The van der Waals surface area contributed by atoms with Gasteiger partial charge < -0.3 is 0 Å². The van der Waals surface area contributed by atoms with Crippen molar-refractivity contribution >= 4 is 21.6 Å². The van der Waals surface area contributed by atoms with Crippen LogP contribution in [0.3, 0.4) is 0 Å². The van der Waals surface area contributed by atoms with E-state index in [2.05, 4.69) is 26.0 Å². The lowest BCUT2D eigenvalue weighted by atomic mass is 10.3. The molecule has 0 atom stereocenters. The van der Waals surface area contributed by atoms with Crippen molar-refractivity contribution in [2.75, 3.05) is 0 Å². The number of fused-ring (bicyclic) bond motifs is 1.